The zero-order chi connectivity index (χ0) is 36.0. The van der Waals surface area contributed by atoms with Gasteiger partial charge in [-0.1, -0.05) is 36.2 Å². The molecule has 0 unspecified atom stereocenters. The van der Waals surface area contributed by atoms with Gasteiger partial charge < -0.3 is 34.2 Å². The Morgan fingerprint density at radius 3 is 2.63 bits per heavy atom. The highest BCUT2D eigenvalue weighted by molar-refractivity contribution is 6.03. The molecule has 2 fully saturated rings. The molecule has 6 atom stereocenters. The summed E-state index contributed by atoms with van der Waals surface area (Å²) in [5.74, 6) is 0.246. The standard InChI is InChI=1S/C41H55N3O7/c1-5-22-49-41-37(44(4)40(47)28-16-17-28)25-35(43-50-6-2)33-23-29(13-7-9-20-45)32(15-8-10-21-46)38(39(33)41)34-24-31(18-19-36(34)51-41)48-26-30-14-11-12-27(3)42-30/h5,11-12,14,18-19,23-24,28-29,32,37-39,45-46H,1,6-10,13,15-17,20-22,25-26H2,2-4H3/t29-,32+,37-,38+,39+,41+/m0/s1. The van der Waals surface area contributed by atoms with Crippen molar-refractivity contribution in [1.29, 1.82) is 0 Å². The number of aliphatic hydroxyl groups excluding tert-OH is 2. The van der Waals surface area contributed by atoms with E-state index in [0.29, 0.717) is 31.8 Å². The summed E-state index contributed by atoms with van der Waals surface area (Å²) in [6.07, 6.45) is 11.3. The minimum absolute atomic E-state index is 0.0124. The summed E-state index contributed by atoms with van der Waals surface area (Å²) in [6.45, 7) is 9.16. The molecule has 0 saturated heterocycles. The SMILES string of the molecule is C=CCO[C@@]12Oc3ccc(OCc4cccc(C)n4)cc3[C@H]3[C@H](CCCCO)[C@@H](CCCCO)C=C(C(=NOCC)C[C@@H]1N(C)C(=O)C1CC1)[C@H]32. The zero-order valence-corrected chi connectivity index (χ0v) is 30.5. The fourth-order valence-electron chi connectivity index (χ4n) is 8.57. The van der Waals surface area contributed by atoms with Gasteiger partial charge >= 0.3 is 0 Å². The molecular formula is C41H55N3O7. The summed E-state index contributed by atoms with van der Waals surface area (Å²) in [5.41, 5.74) is 4.67. The number of likely N-dealkylation sites (N-methyl/N-ethyl adjacent to an activating group) is 1. The van der Waals surface area contributed by atoms with Gasteiger partial charge in [0.2, 0.25) is 11.7 Å². The second-order valence-electron chi connectivity index (χ2n) is 14.5. The lowest BCUT2D eigenvalue weighted by Crippen LogP contribution is -2.69. The van der Waals surface area contributed by atoms with E-state index >= 15 is 0 Å². The number of aryl methyl sites for hydroxylation is 1. The highest BCUT2D eigenvalue weighted by Crippen LogP contribution is 2.62. The summed E-state index contributed by atoms with van der Waals surface area (Å²) >= 11 is 0. The lowest BCUT2D eigenvalue weighted by atomic mass is 9.55. The van der Waals surface area contributed by atoms with Crippen LogP contribution in [0.5, 0.6) is 11.5 Å². The van der Waals surface area contributed by atoms with E-state index in [1.165, 1.54) is 0 Å². The molecule has 2 saturated carbocycles. The highest BCUT2D eigenvalue weighted by Gasteiger charge is 2.65. The minimum atomic E-state index is -1.22. The number of carbonyl (C=O) groups excluding carboxylic acids is 1. The maximum Gasteiger partial charge on any atom is 0.239 e. The third-order valence-electron chi connectivity index (χ3n) is 11.0. The van der Waals surface area contributed by atoms with Gasteiger partial charge in [0.25, 0.3) is 0 Å². The van der Waals surface area contributed by atoms with Crippen LogP contribution >= 0.6 is 0 Å². The first kappa shape index (κ1) is 37.0. The molecule has 51 heavy (non-hydrogen) atoms. The molecule has 1 amide bonds. The van der Waals surface area contributed by atoms with Crippen LogP contribution in [0.3, 0.4) is 0 Å². The van der Waals surface area contributed by atoms with Crippen molar-refractivity contribution < 1.29 is 34.1 Å². The first-order valence-electron chi connectivity index (χ1n) is 18.9. The van der Waals surface area contributed by atoms with Crippen LogP contribution in [0.1, 0.15) is 87.6 Å². The third-order valence-corrected chi connectivity index (χ3v) is 11.0. The summed E-state index contributed by atoms with van der Waals surface area (Å²) in [6, 6.07) is 11.5. The molecular weight excluding hydrogens is 646 g/mol. The van der Waals surface area contributed by atoms with Crippen molar-refractivity contribution in [3.8, 4) is 11.5 Å². The number of allylic oxidation sites excluding steroid dienone is 1. The van der Waals surface area contributed by atoms with Gasteiger partial charge in [0, 0.05) is 49.8 Å². The molecule has 2 heterocycles. The number of fused-ring (bicyclic) bond motifs is 2. The Labute approximate surface area is 302 Å². The van der Waals surface area contributed by atoms with Crippen LogP contribution < -0.4 is 9.47 Å². The Bertz CT molecular complexity index is 1590. The second-order valence-corrected chi connectivity index (χ2v) is 14.5. The predicted octanol–water partition coefficient (Wildman–Crippen LogP) is 6.49. The number of oxime groups is 1. The van der Waals surface area contributed by atoms with Crippen LogP contribution in [0.2, 0.25) is 0 Å². The molecule has 0 bridgehead atoms. The molecule has 1 aliphatic heterocycles. The highest BCUT2D eigenvalue weighted by atomic mass is 16.7. The fourth-order valence-corrected chi connectivity index (χ4v) is 8.57. The Morgan fingerprint density at radius 2 is 1.92 bits per heavy atom. The fraction of sp³-hybridized carbons (Fsp3) is 0.585. The van der Waals surface area contributed by atoms with Gasteiger partial charge in [0.1, 0.15) is 30.8 Å². The van der Waals surface area contributed by atoms with Gasteiger partial charge in [0.05, 0.1) is 23.9 Å². The van der Waals surface area contributed by atoms with E-state index in [9.17, 15) is 15.0 Å². The number of amides is 1. The summed E-state index contributed by atoms with van der Waals surface area (Å²) in [7, 11) is 1.88. The molecule has 4 aliphatic rings. The van der Waals surface area contributed by atoms with E-state index in [1.54, 1.807) is 6.08 Å². The number of aliphatic hydroxyl groups is 2. The monoisotopic (exact) mass is 701 g/mol. The average Bonchev–Trinajstić information content (AvgIpc) is 3.99. The van der Waals surface area contributed by atoms with E-state index in [-0.39, 0.29) is 55.3 Å². The lowest BCUT2D eigenvalue weighted by Gasteiger charge is -2.59. The van der Waals surface area contributed by atoms with Gasteiger partial charge in [-0.05, 0) is 100 Å². The van der Waals surface area contributed by atoms with Crippen molar-refractivity contribution in [1.82, 2.24) is 9.88 Å². The van der Waals surface area contributed by atoms with Crippen molar-refractivity contribution >= 4 is 11.6 Å². The molecule has 1 aromatic heterocycles. The van der Waals surface area contributed by atoms with E-state index < -0.39 is 11.8 Å². The topological polar surface area (TPSA) is 123 Å². The Kier molecular flexibility index (Phi) is 12.2. The van der Waals surface area contributed by atoms with Gasteiger partial charge in [-0.25, -0.2) is 0 Å². The quantitative estimate of drug-likeness (QED) is 0.103. The summed E-state index contributed by atoms with van der Waals surface area (Å²) < 4.78 is 20.5. The maximum absolute atomic E-state index is 13.8. The lowest BCUT2D eigenvalue weighted by molar-refractivity contribution is -0.255. The number of rotatable bonds is 18. The predicted molar refractivity (Wildman–Crippen MR) is 195 cm³/mol. The number of nitrogens with zero attached hydrogens (tertiary/aromatic N) is 3. The van der Waals surface area contributed by atoms with Crippen LogP contribution in [-0.4, -0.2) is 77.0 Å². The number of hydrogen-bond acceptors (Lipinski definition) is 9. The van der Waals surface area contributed by atoms with Gasteiger partial charge in [-0.15, -0.1) is 6.58 Å². The largest absolute Gasteiger partial charge is 0.487 e. The molecule has 3 aliphatic carbocycles. The number of pyridine rings is 1. The number of aromatic nitrogens is 1. The third kappa shape index (κ3) is 7.88. The maximum atomic E-state index is 13.8. The molecule has 2 aromatic rings. The number of unbranched alkanes of at least 4 members (excludes halogenated alkanes) is 2. The van der Waals surface area contributed by atoms with Gasteiger partial charge in [0.15, 0.2) is 0 Å². The summed E-state index contributed by atoms with van der Waals surface area (Å²) in [4.78, 5) is 26.1. The van der Waals surface area contributed by atoms with E-state index in [0.717, 1.165) is 78.9 Å². The molecule has 10 nitrogen and oxygen atoms in total. The molecule has 6 rings (SSSR count). The number of benzene rings is 1. The molecule has 276 valence electrons. The molecule has 0 spiro atoms. The number of carbonyl (C=O) groups is 1. The minimum Gasteiger partial charge on any atom is -0.487 e. The van der Waals surface area contributed by atoms with Crippen LogP contribution in [0.4, 0.5) is 0 Å². The van der Waals surface area contributed by atoms with Crippen molar-refractivity contribution in [3.05, 3.63) is 77.7 Å². The first-order valence-corrected chi connectivity index (χ1v) is 18.9. The van der Waals surface area contributed by atoms with Gasteiger partial charge in [-0.2, -0.15) is 0 Å². The van der Waals surface area contributed by atoms with Crippen LogP contribution in [-0.2, 0) is 21.0 Å². The Morgan fingerprint density at radius 1 is 1.14 bits per heavy atom. The van der Waals surface area contributed by atoms with Crippen molar-refractivity contribution in [2.24, 2.45) is 28.8 Å². The normalized spacial score (nSPS) is 27.1. The van der Waals surface area contributed by atoms with E-state index in [4.69, 9.17) is 24.2 Å². The van der Waals surface area contributed by atoms with E-state index in [1.807, 2.05) is 56.1 Å². The van der Waals surface area contributed by atoms with Crippen molar-refractivity contribution in [2.45, 2.75) is 96.0 Å². The summed E-state index contributed by atoms with van der Waals surface area (Å²) in [5, 5.41) is 24.3. The van der Waals surface area contributed by atoms with Crippen molar-refractivity contribution in [3.63, 3.8) is 0 Å². The Hall–Kier alpha value is -3.73. The second kappa shape index (κ2) is 16.7. The van der Waals surface area contributed by atoms with Crippen molar-refractivity contribution in [2.75, 3.05) is 33.5 Å². The molecule has 1 aromatic carbocycles. The number of ether oxygens (including phenoxy) is 3. The first-order chi connectivity index (χ1) is 24.8. The number of hydrogen-bond donors (Lipinski definition) is 2. The van der Waals surface area contributed by atoms with Gasteiger partial charge in [-0.3, -0.25) is 9.78 Å². The smallest absolute Gasteiger partial charge is 0.239 e. The Balaban J connectivity index is 1.52. The molecule has 0 radical (unpaired) electrons. The van der Waals surface area contributed by atoms with Crippen LogP contribution in [0.25, 0.3) is 0 Å². The average molecular weight is 702 g/mol. The molecule has 10 heteroatoms. The molecule has 2 N–H and O–H groups in total. The van der Waals surface area contributed by atoms with E-state index in [2.05, 4.69) is 23.7 Å². The zero-order valence-electron chi connectivity index (χ0n) is 30.5. The van der Waals surface area contributed by atoms with Crippen LogP contribution in [0, 0.1) is 30.6 Å². The van der Waals surface area contributed by atoms with Crippen LogP contribution in [0.15, 0.2) is 65.9 Å².